The summed E-state index contributed by atoms with van der Waals surface area (Å²) >= 11 is 0. The number of nitrogens with one attached hydrogen (secondary N) is 1. The van der Waals surface area contributed by atoms with Crippen LogP contribution in [-0.2, 0) is 0 Å². The number of ether oxygens (including phenoxy) is 1. The van der Waals surface area contributed by atoms with Crippen molar-refractivity contribution < 1.29 is 9.66 Å². The van der Waals surface area contributed by atoms with E-state index in [0.29, 0.717) is 17.8 Å². The van der Waals surface area contributed by atoms with Gasteiger partial charge in [0.15, 0.2) is 5.75 Å². The molecule has 1 aliphatic rings. The molecule has 0 aliphatic carbocycles. The minimum Gasteiger partial charge on any atom is -0.490 e. The van der Waals surface area contributed by atoms with Gasteiger partial charge in [0, 0.05) is 43.0 Å². The van der Waals surface area contributed by atoms with Crippen LogP contribution in [-0.4, -0.2) is 37.2 Å². The highest BCUT2D eigenvalue weighted by molar-refractivity contribution is 5.60. The smallest absolute Gasteiger partial charge is 0.311 e. The average Bonchev–Trinajstić information content (AvgIpc) is 2.53. The fourth-order valence-corrected chi connectivity index (χ4v) is 2.81. The monoisotopic (exact) mass is 293 g/mol. The first-order valence-corrected chi connectivity index (χ1v) is 7.43. The van der Waals surface area contributed by atoms with Gasteiger partial charge in [-0.05, 0) is 18.9 Å². The van der Waals surface area contributed by atoms with Crippen LogP contribution in [0.2, 0.25) is 0 Å². The summed E-state index contributed by atoms with van der Waals surface area (Å²) in [7, 11) is 1.47. The summed E-state index contributed by atoms with van der Waals surface area (Å²) < 4.78 is 5.18. The molecule has 1 aromatic rings. The van der Waals surface area contributed by atoms with E-state index < -0.39 is 4.92 Å². The quantitative estimate of drug-likeness (QED) is 0.667. The van der Waals surface area contributed by atoms with Crippen molar-refractivity contribution in [2.75, 3.05) is 25.1 Å². The summed E-state index contributed by atoms with van der Waals surface area (Å²) in [6.07, 6.45) is 2.10. The van der Waals surface area contributed by atoms with Gasteiger partial charge in [0.25, 0.3) is 0 Å². The molecule has 21 heavy (non-hydrogen) atoms. The summed E-state index contributed by atoms with van der Waals surface area (Å²) in [5.41, 5.74) is 1.00. The van der Waals surface area contributed by atoms with Gasteiger partial charge in [0.1, 0.15) is 0 Å². The molecule has 0 saturated carbocycles. The van der Waals surface area contributed by atoms with E-state index in [1.165, 1.54) is 13.2 Å². The van der Waals surface area contributed by atoms with E-state index in [-0.39, 0.29) is 5.69 Å². The zero-order valence-electron chi connectivity index (χ0n) is 12.8. The van der Waals surface area contributed by atoms with Crippen molar-refractivity contribution in [2.24, 2.45) is 0 Å². The summed E-state index contributed by atoms with van der Waals surface area (Å²) in [6, 6.07) is 5.98. The molecule has 1 N–H and O–H groups in total. The lowest BCUT2D eigenvalue weighted by atomic mass is 10.0. The Morgan fingerprint density at radius 3 is 2.76 bits per heavy atom. The summed E-state index contributed by atoms with van der Waals surface area (Å²) in [4.78, 5) is 12.9. The summed E-state index contributed by atoms with van der Waals surface area (Å²) in [5, 5.41) is 14.5. The number of rotatable bonds is 5. The topological polar surface area (TPSA) is 67.6 Å². The normalized spacial score (nSPS) is 22.1. The van der Waals surface area contributed by atoms with Gasteiger partial charge in [0.05, 0.1) is 12.0 Å². The number of nitro benzene ring substituents is 1. The van der Waals surface area contributed by atoms with E-state index in [2.05, 4.69) is 24.1 Å². The molecule has 6 heteroatoms. The summed E-state index contributed by atoms with van der Waals surface area (Å²) in [5.74, 6) is 0.318. The van der Waals surface area contributed by atoms with E-state index >= 15 is 0 Å². The number of nitrogens with zero attached hydrogens (tertiary/aromatic N) is 2. The van der Waals surface area contributed by atoms with Crippen molar-refractivity contribution in [2.45, 2.75) is 38.8 Å². The lowest BCUT2D eigenvalue weighted by Gasteiger charge is -2.41. The molecule has 1 fully saturated rings. The van der Waals surface area contributed by atoms with Gasteiger partial charge in [0.2, 0.25) is 0 Å². The van der Waals surface area contributed by atoms with Crippen LogP contribution in [0.3, 0.4) is 0 Å². The van der Waals surface area contributed by atoms with Crippen LogP contribution in [0.25, 0.3) is 0 Å². The molecule has 1 saturated heterocycles. The molecule has 2 unspecified atom stereocenters. The highest BCUT2D eigenvalue weighted by atomic mass is 16.6. The largest absolute Gasteiger partial charge is 0.490 e. The van der Waals surface area contributed by atoms with Crippen LogP contribution in [0.1, 0.15) is 26.7 Å². The Bertz CT molecular complexity index is 507. The molecule has 0 radical (unpaired) electrons. The second kappa shape index (κ2) is 6.76. The predicted molar refractivity (Wildman–Crippen MR) is 83.2 cm³/mol. The Labute approximate surface area is 125 Å². The number of benzene rings is 1. The molecule has 0 spiro atoms. The van der Waals surface area contributed by atoms with Crippen molar-refractivity contribution in [3.05, 3.63) is 28.3 Å². The maximum Gasteiger partial charge on any atom is 0.311 e. The second-order valence-corrected chi connectivity index (χ2v) is 5.34. The summed E-state index contributed by atoms with van der Waals surface area (Å²) in [6.45, 7) is 6.18. The standard InChI is InChI=1S/C15H23N3O3/c1-4-11-10-17(12(5-2)9-16-11)13-6-7-14(18(19)20)15(8-13)21-3/h6-8,11-12,16H,4-5,9-10H2,1-3H3. The number of nitro groups is 1. The van der Waals surface area contributed by atoms with E-state index in [9.17, 15) is 10.1 Å². The van der Waals surface area contributed by atoms with Crippen molar-refractivity contribution in [3.8, 4) is 5.75 Å². The van der Waals surface area contributed by atoms with Crippen LogP contribution in [0.15, 0.2) is 18.2 Å². The van der Waals surface area contributed by atoms with Crippen molar-refractivity contribution in [3.63, 3.8) is 0 Å². The molecule has 0 bridgehead atoms. The van der Waals surface area contributed by atoms with Crippen molar-refractivity contribution in [1.82, 2.24) is 5.32 Å². The lowest BCUT2D eigenvalue weighted by Crippen LogP contribution is -2.56. The predicted octanol–water partition coefficient (Wildman–Crippen LogP) is 2.57. The van der Waals surface area contributed by atoms with E-state index in [0.717, 1.165) is 31.6 Å². The van der Waals surface area contributed by atoms with Gasteiger partial charge < -0.3 is 15.0 Å². The minimum atomic E-state index is -0.410. The highest BCUT2D eigenvalue weighted by Gasteiger charge is 2.27. The van der Waals surface area contributed by atoms with Gasteiger partial charge >= 0.3 is 5.69 Å². The van der Waals surface area contributed by atoms with Crippen LogP contribution in [0.4, 0.5) is 11.4 Å². The van der Waals surface area contributed by atoms with Crippen LogP contribution < -0.4 is 15.0 Å². The fraction of sp³-hybridized carbons (Fsp3) is 0.600. The molecule has 116 valence electrons. The first kappa shape index (κ1) is 15.6. The number of anilines is 1. The van der Waals surface area contributed by atoms with Gasteiger partial charge in [-0.3, -0.25) is 10.1 Å². The van der Waals surface area contributed by atoms with Crippen LogP contribution in [0.5, 0.6) is 5.75 Å². The Morgan fingerprint density at radius 1 is 1.43 bits per heavy atom. The number of hydrogen-bond donors (Lipinski definition) is 1. The van der Waals surface area contributed by atoms with E-state index in [1.807, 2.05) is 6.07 Å². The first-order valence-electron chi connectivity index (χ1n) is 7.43. The molecule has 2 rings (SSSR count). The maximum absolute atomic E-state index is 11.0. The molecular weight excluding hydrogens is 270 g/mol. The highest BCUT2D eigenvalue weighted by Crippen LogP contribution is 2.33. The molecule has 1 aliphatic heterocycles. The van der Waals surface area contributed by atoms with Crippen LogP contribution >= 0.6 is 0 Å². The number of methoxy groups -OCH3 is 1. The molecule has 0 amide bonds. The number of piperazine rings is 1. The third-order valence-electron chi connectivity index (χ3n) is 4.16. The van der Waals surface area contributed by atoms with E-state index in [1.54, 1.807) is 6.07 Å². The zero-order chi connectivity index (χ0) is 15.4. The van der Waals surface area contributed by atoms with Gasteiger partial charge in [-0.25, -0.2) is 0 Å². The Morgan fingerprint density at radius 2 is 2.19 bits per heavy atom. The van der Waals surface area contributed by atoms with Gasteiger partial charge in [-0.1, -0.05) is 13.8 Å². The number of hydrogen-bond acceptors (Lipinski definition) is 5. The Balaban J connectivity index is 2.32. The Kier molecular flexibility index (Phi) is 5.01. The minimum absolute atomic E-state index is 0.0106. The molecule has 6 nitrogen and oxygen atoms in total. The maximum atomic E-state index is 11.0. The Hall–Kier alpha value is -1.82. The third-order valence-corrected chi connectivity index (χ3v) is 4.16. The molecule has 2 atom stereocenters. The third kappa shape index (κ3) is 3.26. The second-order valence-electron chi connectivity index (χ2n) is 5.34. The molecule has 1 aromatic carbocycles. The zero-order valence-corrected chi connectivity index (χ0v) is 12.8. The van der Waals surface area contributed by atoms with Gasteiger partial charge in [-0.2, -0.15) is 0 Å². The van der Waals surface area contributed by atoms with Crippen molar-refractivity contribution >= 4 is 11.4 Å². The first-order chi connectivity index (χ1) is 10.1. The molecule has 0 aromatic heterocycles. The van der Waals surface area contributed by atoms with E-state index in [4.69, 9.17) is 4.74 Å². The van der Waals surface area contributed by atoms with Gasteiger partial charge in [-0.15, -0.1) is 0 Å². The van der Waals surface area contributed by atoms with Crippen LogP contribution in [0, 0.1) is 10.1 Å². The molecular formula is C15H23N3O3. The average molecular weight is 293 g/mol. The fourth-order valence-electron chi connectivity index (χ4n) is 2.81. The molecule has 1 heterocycles. The lowest BCUT2D eigenvalue weighted by molar-refractivity contribution is -0.385. The van der Waals surface area contributed by atoms with Crippen molar-refractivity contribution in [1.29, 1.82) is 0 Å². The SMILES string of the molecule is CCC1CN(c2ccc([N+](=O)[O-])c(OC)c2)C(CC)CN1.